The van der Waals surface area contributed by atoms with Crippen LogP contribution >= 0.6 is 0 Å². The van der Waals surface area contributed by atoms with Crippen LogP contribution in [0.5, 0.6) is 0 Å². The average Bonchev–Trinajstić information content (AvgIpc) is 3.21. The smallest absolute Gasteiger partial charge is 0.279 e. The second-order valence-electron chi connectivity index (χ2n) is 5.83. The Labute approximate surface area is 122 Å². The topological polar surface area (TPSA) is 78.7 Å². The van der Waals surface area contributed by atoms with Gasteiger partial charge in [0.1, 0.15) is 0 Å². The molecule has 3 N–H and O–H groups in total. The second-order valence-corrected chi connectivity index (χ2v) is 7.53. The van der Waals surface area contributed by atoms with Crippen LogP contribution < -0.4 is 10.5 Å². The van der Waals surface area contributed by atoms with Crippen molar-refractivity contribution in [3.8, 4) is 0 Å². The van der Waals surface area contributed by atoms with Gasteiger partial charge in [0.05, 0.1) is 0 Å². The molecule has 6 nitrogen and oxygen atoms in total. The molecule has 0 aromatic rings. The van der Waals surface area contributed by atoms with Gasteiger partial charge >= 0.3 is 0 Å². The van der Waals surface area contributed by atoms with Gasteiger partial charge in [-0.25, -0.2) is 0 Å². The molecule has 1 heterocycles. The Balaban J connectivity index is 1.90. The lowest BCUT2D eigenvalue weighted by Crippen LogP contribution is -2.44. The largest absolute Gasteiger partial charge is 0.330 e. The Hall–Kier alpha value is -0.210. The zero-order valence-corrected chi connectivity index (χ0v) is 13.2. The SMILES string of the molecule is CCC(CCN)N1CCCN(S(=O)(=O)NC2CC2)CC1. The minimum atomic E-state index is -3.28. The van der Waals surface area contributed by atoms with E-state index in [1.807, 2.05) is 0 Å². The van der Waals surface area contributed by atoms with Gasteiger partial charge in [-0.3, -0.25) is 4.90 Å². The fraction of sp³-hybridized carbons (Fsp3) is 1.00. The number of rotatable bonds is 7. The number of hydrogen-bond acceptors (Lipinski definition) is 4. The van der Waals surface area contributed by atoms with Crippen molar-refractivity contribution < 1.29 is 8.42 Å². The molecule has 0 spiro atoms. The van der Waals surface area contributed by atoms with Gasteiger partial charge in [0.15, 0.2) is 0 Å². The first kappa shape index (κ1) is 16.2. The molecule has 7 heteroatoms. The van der Waals surface area contributed by atoms with E-state index in [4.69, 9.17) is 5.73 Å². The molecule has 0 radical (unpaired) electrons. The molecule has 2 aliphatic rings. The summed E-state index contributed by atoms with van der Waals surface area (Å²) in [5, 5.41) is 0. The molecular weight excluding hydrogens is 276 g/mol. The quantitative estimate of drug-likeness (QED) is 0.700. The maximum atomic E-state index is 12.2. The lowest BCUT2D eigenvalue weighted by Gasteiger charge is -2.29. The normalized spacial score (nSPS) is 24.5. The van der Waals surface area contributed by atoms with E-state index in [1.54, 1.807) is 4.31 Å². The predicted octanol–water partition coefficient (Wildman–Crippen LogP) is 0.118. The van der Waals surface area contributed by atoms with Gasteiger partial charge in [-0.1, -0.05) is 6.92 Å². The van der Waals surface area contributed by atoms with Crippen LogP contribution in [0.15, 0.2) is 0 Å². The van der Waals surface area contributed by atoms with Gasteiger partial charge in [0.2, 0.25) is 0 Å². The van der Waals surface area contributed by atoms with E-state index >= 15 is 0 Å². The van der Waals surface area contributed by atoms with Crippen molar-refractivity contribution >= 4 is 10.2 Å². The molecule has 1 aliphatic heterocycles. The molecule has 1 saturated carbocycles. The van der Waals surface area contributed by atoms with Gasteiger partial charge in [-0.05, 0) is 45.2 Å². The summed E-state index contributed by atoms with van der Waals surface area (Å²) in [6.07, 6.45) is 4.92. The van der Waals surface area contributed by atoms with Crippen LogP contribution in [-0.4, -0.2) is 62.4 Å². The number of nitrogens with two attached hydrogens (primary N) is 1. The fourth-order valence-electron chi connectivity index (χ4n) is 2.84. The first-order valence-corrected chi connectivity index (χ1v) is 9.22. The van der Waals surface area contributed by atoms with Gasteiger partial charge in [0.25, 0.3) is 10.2 Å². The third-order valence-electron chi connectivity index (χ3n) is 4.21. The summed E-state index contributed by atoms with van der Waals surface area (Å²) >= 11 is 0. The monoisotopic (exact) mass is 304 g/mol. The maximum Gasteiger partial charge on any atom is 0.279 e. The molecule has 0 aromatic carbocycles. The van der Waals surface area contributed by atoms with Crippen LogP contribution in [-0.2, 0) is 10.2 Å². The van der Waals surface area contributed by atoms with Gasteiger partial charge in [-0.2, -0.15) is 17.4 Å². The van der Waals surface area contributed by atoms with E-state index < -0.39 is 10.2 Å². The van der Waals surface area contributed by atoms with Crippen LogP contribution in [0, 0.1) is 0 Å². The standard InChI is InChI=1S/C13H28N4O2S/c1-2-13(6-7-14)16-8-3-9-17(11-10-16)20(18,19)15-12-4-5-12/h12-13,15H,2-11,14H2,1H3. The summed E-state index contributed by atoms with van der Waals surface area (Å²) in [6.45, 7) is 5.85. The van der Waals surface area contributed by atoms with Crippen LogP contribution in [0.25, 0.3) is 0 Å². The molecule has 0 amide bonds. The Morgan fingerprint density at radius 1 is 1.25 bits per heavy atom. The van der Waals surface area contributed by atoms with Gasteiger partial charge in [-0.15, -0.1) is 0 Å². The van der Waals surface area contributed by atoms with Crippen molar-refractivity contribution in [3.63, 3.8) is 0 Å². The Kier molecular flexibility index (Phi) is 5.80. The first-order valence-electron chi connectivity index (χ1n) is 7.78. The first-order chi connectivity index (χ1) is 9.56. The van der Waals surface area contributed by atoms with Crippen LogP contribution in [0.2, 0.25) is 0 Å². The van der Waals surface area contributed by atoms with E-state index in [0.29, 0.717) is 25.7 Å². The molecule has 1 atom stereocenters. The fourth-order valence-corrected chi connectivity index (χ4v) is 4.34. The van der Waals surface area contributed by atoms with E-state index in [1.165, 1.54) is 0 Å². The van der Waals surface area contributed by atoms with Crippen molar-refractivity contribution in [1.29, 1.82) is 0 Å². The Morgan fingerprint density at radius 2 is 2.00 bits per heavy atom. The minimum Gasteiger partial charge on any atom is -0.330 e. The van der Waals surface area contributed by atoms with Gasteiger partial charge in [0, 0.05) is 31.7 Å². The number of nitrogens with zero attached hydrogens (tertiary/aromatic N) is 2. The van der Waals surface area contributed by atoms with Crippen LogP contribution in [0.3, 0.4) is 0 Å². The molecule has 0 aromatic heterocycles. The highest BCUT2D eigenvalue weighted by Crippen LogP contribution is 2.21. The molecule has 1 unspecified atom stereocenters. The molecule has 118 valence electrons. The summed E-state index contributed by atoms with van der Waals surface area (Å²) in [5.41, 5.74) is 5.67. The van der Waals surface area contributed by atoms with E-state index in [2.05, 4.69) is 16.5 Å². The van der Waals surface area contributed by atoms with Crippen molar-refractivity contribution in [2.45, 2.75) is 51.1 Å². The molecule has 20 heavy (non-hydrogen) atoms. The molecule has 1 saturated heterocycles. The minimum absolute atomic E-state index is 0.181. The van der Waals surface area contributed by atoms with Crippen molar-refractivity contribution in [1.82, 2.24) is 13.9 Å². The van der Waals surface area contributed by atoms with Gasteiger partial charge < -0.3 is 5.73 Å². The summed E-state index contributed by atoms with van der Waals surface area (Å²) in [6, 6.07) is 0.666. The highest BCUT2D eigenvalue weighted by molar-refractivity contribution is 7.87. The van der Waals surface area contributed by atoms with Crippen molar-refractivity contribution in [2.24, 2.45) is 5.73 Å². The maximum absolute atomic E-state index is 12.2. The van der Waals surface area contributed by atoms with E-state index in [9.17, 15) is 8.42 Å². The van der Waals surface area contributed by atoms with Crippen LogP contribution in [0.4, 0.5) is 0 Å². The zero-order valence-electron chi connectivity index (χ0n) is 12.4. The summed E-state index contributed by atoms with van der Waals surface area (Å²) in [5.74, 6) is 0. The third-order valence-corrected chi connectivity index (χ3v) is 5.89. The lowest BCUT2D eigenvalue weighted by molar-refractivity contribution is 0.192. The molecule has 2 fully saturated rings. The zero-order chi connectivity index (χ0) is 14.6. The van der Waals surface area contributed by atoms with E-state index in [-0.39, 0.29) is 6.04 Å². The van der Waals surface area contributed by atoms with E-state index in [0.717, 1.165) is 45.2 Å². The average molecular weight is 304 g/mol. The van der Waals surface area contributed by atoms with Crippen LogP contribution in [0.1, 0.15) is 39.0 Å². The predicted molar refractivity (Wildman–Crippen MR) is 80.6 cm³/mol. The highest BCUT2D eigenvalue weighted by atomic mass is 32.2. The van der Waals surface area contributed by atoms with Crippen molar-refractivity contribution in [3.05, 3.63) is 0 Å². The second kappa shape index (κ2) is 7.17. The summed E-state index contributed by atoms with van der Waals surface area (Å²) in [7, 11) is -3.28. The molecule has 2 rings (SSSR count). The molecule has 1 aliphatic carbocycles. The number of nitrogens with one attached hydrogen (secondary N) is 1. The third kappa shape index (κ3) is 4.39. The highest BCUT2D eigenvalue weighted by Gasteiger charge is 2.32. The summed E-state index contributed by atoms with van der Waals surface area (Å²) in [4.78, 5) is 2.40. The number of hydrogen-bond donors (Lipinski definition) is 2. The molecular formula is C13H28N4O2S. The van der Waals surface area contributed by atoms with Crippen molar-refractivity contribution in [2.75, 3.05) is 32.7 Å². The molecule has 0 bridgehead atoms. The summed E-state index contributed by atoms with van der Waals surface area (Å²) < 4.78 is 28.9. The Morgan fingerprint density at radius 3 is 2.60 bits per heavy atom. The lowest BCUT2D eigenvalue weighted by atomic mass is 10.1. The Bertz CT molecular complexity index is 397.